The minimum absolute atomic E-state index is 0.204. The van der Waals surface area contributed by atoms with E-state index >= 15 is 0 Å². The monoisotopic (exact) mass is 326 g/mol. The highest BCUT2D eigenvalue weighted by Crippen LogP contribution is 2.13. The molecule has 130 valence electrons. The van der Waals surface area contributed by atoms with Crippen LogP contribution in [0.5, 0.6) is 0 Å². The number of hydrogen-bond acceptors (Lipinski definition) is 4. The molecule has 5 nitrogen and oxygen atoms in total. The molecule has 0 saturated carbocycles. The zero-order valence-corrected chi connectivity index (χ0v) is 14.4. The largest absolute Gasteiger partial charge is 0.444 e. The maximum Gasteiger partial charge on any atom is 0.407 e. The molecule has 0 spiro atoms. The molecule has 0 unspecified atom stereocenters. The highest BCUT2D eigenvalue weighted by atomic mass is 19.1. The number of ether oxygens (including phenoxy) is 2. The van der Waals surface area contributed by atoms with Gasteiger partial charge in [-0.1, -0.05) is 0 Å². The Morgan fingerprint density at radius 2 is 1.96 bits per heavy atom. The highest BCUT2D eigenvalue weighted by Gasteiger charge is 2.15. The molecule has 1 rings (SSSR count). The summed E-state index contributed by atoms with van der Waals surface area (Å²) in [4.78, 5) is 11.4. The fourth-order valence-electron chi connectivity index (χ4n) is 1.80. The molecular weight excluding hydrogens is 299 g/mol. The minimum atomic E-state index is -0.481. The van der Waals surface area contributed by atoms with E-state index in [1.165, 1.54) is 6.07 Å². The molecule has 0 radical (unpaired) electrons. The third-order valence-corrected chi connectivity index (χ3v) is 2.87. The van der Waals surface area contributed by atoms with Crippen LogP contribution in [0.15, 0.2) is 18.2 Å². The van der Waals surface area contributed by atoms with E-state index in [1.807, 2.05) is 20.8 Å². The summed E-state index contributed by atoms with van der Waals surface area (Å²) in [5.74, 6) is -0.204. The van der Waals surface area contributed by atoms with Crippen molar-refractivity contribution in [3.8, 4) is 0 Å². The first-order valence-corrected chi connectivity index (χ1v) is 7.82. The number of hydrogen-bond donors (Lipinski definition) is 2. The van der Waals surface area contributed by atoms with Gasteiger partial charge in [0.15, 0.2) is 0 Å². The minimum Gasteiger partial charge on any atom is -0.444 e. The quantitative estimate of drug-likeness (QED) is 0.718. The molecule has 1 amide bonds. The summed E-state index contributed by atoms with van der Waals surface area (Å²) < 4.78 is 23.7. The first-order valence-electron chi connectivity index (χ1n) is 7.82. The maximum atomic E-state index is 13.1. The van der Waals surface area contributed by atoms with E-state index in [0.717, 1.165) is 12.1 Å². The van der Waals surface area contributed by atoms with E-state index in [0.29, 0.717) is 31.9 Å². The van der Waals surface area contributed by atoms with Gasteiger partial charge in [-0.25, -0.2) is 9.18 Å². The Morgan fingerprint density at radius 1 is 1.22 bits per heavy atom. The normalized spacial score (nSPS) is 11.2. The smallest absolute Gasteiger partial charge is 0.407 e. The summed E-state index contributed by atoms with van der Waals surface area (Å²) in [5.41, 5.74) is 1.01. The molecule has 0 aliphatic carbocycles. The molecule has 0 heterocycles. The Bertz CT molecular complexity index is 501. The van der Waals surface area contributed by atoms with Crippen LogP contribution < -0.4 is 10.6 Å². The van der Waals surface area contributed by atoms with E-state index in [9.17, 15) is 9.18 Å². The van der Waals surface area contributed by atoms with Crippen LogP contribution in [0.1, 0.15) is 32.8 Å². The number of benzene rings is 1. The molecule has 6 heteroatoms. The standard InChI is InChI=1S/C17H27FN2O3/c1-13-12-14(6-7-15(13)18)19-9-11-22-10-5-8-20-16(21)23-17(2,3)4/h6-7,12,19H,5,8-11H2,1-4H3,(H,20,21). The first kappa shape index (κ1) is 19.2. The Hall–Kier alpha value is -1.82. The molecule has 0 fully saturated rings. The zero-order valence-electron chi connectivity index (χ0n) is 14.4. The summed E-state index contributed by atoms with van der Waals surface area (Å²) in [6.07, 6.45) is 0.306. The summed E-state index contributed by atoms with van der Waals surface area (Å²) in [6, 6.07) is 4.91. The number of nitrogens with one attached hydrogen (secondary N) is 2. The number of carbonyl (C=O) groups is 1. The third kappa shape index (κ3) is 9.03. The molecule has 2 N–H and O–H groups in total. The van der Waals surface area contributed by atoms with Crippen LogP contribution >= 0.6 is 0 Å². The van der Waals surface area contributed by atoms with Gasteiger partial charge >= 0.3 is 6.09 Å². The van der Waals surface area contributed by atoms with Gasteiger partial charge in [0, 0.05) is 25.4 Å². The molecular formula is C17H27FN2O3. The van der Waals surface area contributed by atoms with Crippen molar-refractivity contribution in [1.82, 2.24) is 5.32 Å². The summed E-state index contributed by atoms with van der Waals surface area (Å²) >= 11 is 0. The number of aryl methyl sites for hydroxylation is 1. The molecule has 0 bridgehead atoms. The Balaban J connectivity index is 2.01. The number of halogens is 1. The SMILES string of the molecule is Cc1cc(NCCOCCCNC(=O)OC(C)(C)C)ccc1F. The summed E-state index contributed by atoms with van der Waals surface area (Å²) in [6.45, 7) is 9.46. The molecule has 23 heavy (non-hydrogen) atoms. The van der Waals surface area contributed by atoms with Crippen molar-refractivity contribution in [1.29, 1.82) is 0 Å². The Kier molecular flexibility index (Phi) is 7.81. The average molecular weight is 326 g/mol. The van der Waals surface area contributed by atoms with Gasteiger partial charge in [-0.05, 0) is 57.9 Å². The van der Waals surface area contributed by atoms with E-state index in [-0.39, 0.29) is 5.82 Å². The number of alkyl carbamates (subject to hydrolysis) is 1. The van der Waals surface area contributed by atoms with Crippen molar-refractivity contribution in [2.24, 2.45) is 0 Å². The van der Waals surface area contributed by atoms with Crippen LogP contribution in [0.4, 0.5) is 14.9 Å². The van der Waals surface area contributed by atoms with Gasteiger partial charge in [0.2, 0.25) is 0 Å². The molecule has 0 atom stereocenters. The van der Waals surface area contributed by atoms with Crippen molar-refractivity contribution in [2.75, 3.05) is 31.6 Å². The van der Waals surface area contributed by atoms with E-state index in [2.05, 4.69) is 10.6 Å². The molecule has 0 aromatic heterocycles. The van der Waals surface area contributed by atoms with Crippen LogP contribution in [0.3, 0.4) is 0 Å². The maximum absolute atomic E-state index is 13.1. The van der Waals surface area contributed by atoms with Crippen LogP contribution in [-0.2, 0) is 9.47 Å². The molecule has 1 aromatic rings. The Morgan fingerprint density at radius 3 is 2.61 bits per heavy atom. The van der Waals surface area contributed by atoms with Gasteiger partial charge in [-0.2, -0.15) is 0 Å². The van der Waals surface area contributed by atoms with Crippen molar-refractivity contribution < 1.29 is 18.7 Å². The average Bonchev–Trinajstić information content (AvgIpc) is 2.43. The summed E-state index contributed by atoms with van der Waals surface area (Å²) in [5, 5.41) is 5.84. The van der Waals surface area contributed by atoms with Gasteiger partial charge in [0.25, 0.3) is 0 Å². The van der Waals surface area contributed by atoms with Crippen LogP contribution in [-0.4, -0.2) is 38.0 Å². The van der Waals surface area contributed by atoms with Crippen LogP contribution in [0.25, 0.3) is 0 Å². The van der Waals surface area contributed by atoms with Crippen molar-refractivity contribution in [3.05, 3.63) is 29.6 Å². The lowest BCUT2D eigenvalue weighted by atomic mass is 10.2. The molecule has 1 aromatic carbocycles. The first-order chi connectivity index (χ1) is 10.8. The third-order valence-electron chi connectivity index (χ3n) is 2.87. The van der Waals surface area contributed by atoms with Crippen molar-refractivity contribution >= 4 is 11.8 Å². The van der Waals surface area contributed by atoms with Gasteiger partial charge in [-0.15, -0.1) is 0 Å². The molecule has 0 saturated heterocycles. The van der Waals surface area contributed by atoms with Crippen LogP contribution in [0.2, 0.25) is 0 Å². The lowest BCUT2D eigenvalue weighted by molar-refractivity contribution is 0.0520. The number of amides is 1. The van der Waals surface area contributed by atoms with E-state index in [4.69, 9.17) is 9.47 Å². The van der Waals surface area contributed by atoms with Crippen molar-refractivity contribution in [2.45, 2.75) is 39.7 Å². The fraction of sp³-hybridized carbons (Fsp3) is 0.588. The van der Waals surface area contributed by atoms with E-state index < -0.39 is 11.7 Å². The predicted octanol–water partition coefficient (Wildman–Crippen LogP) is 3.48. The lowest BCUT2D eigenvalue weighted by Crippen LogP contribution is -2.33. The lowest BCUT2D eigenvalue weighted by Gasteiger charge is -2.19. The topological polar surface area (TPSA) is 59.6 Å². The number of anilines is 1. The zero-order chi connectivity index (χ0) is 17.3. The Labute approximate surface area is 137 Å². The predicted molar refractivity (Wildman–Crippen MR) is 89.3 cm³/mol. The second-order valence-electron chi connectivity index (χ2n) is 6.29. The van der Waals surface area contributed by atoms with Crippen LogP contribution in [0, 0.1) is 12.7 Å². The molecule has 0 aliphatic rings. The number of carbonyl (C=O) groups excluding carboxylic acids is 1. The fourth-order valence-corrected chi connectivity index (χ4v) is 1.80. The second kappa shape index (κ2) is 9.35. The highest BCUT2D eigenvalue weighted by molar-refractivity contribution is 5.67. The van der Waals surface area contributed by atoms with Crippen molar-refractivity contribution in [3.63, 3.8) is 0 Å². The second-order valence-corrected chi connectivity index (χ2v) is 6.29. The summed E-state index contributed by atoms with van der Waals surface area (Å²) in [7, 11) is 0. The van der Waals surface area contributed by atoms with E-state index in [1.54, 1.807) is 19.1 Å². The molecule has 0 aliphatic heterocycles. The number of rotatable bonds is 8. The van der Waals surface area contributed by atoms with Gasteiger partial charge in [-0.3, -0.25) is 0 Å². The van der Waals surface area contributed by atoms with Gasteiger partial charge in [0.05, 0.1) is 6.61 Å². The van der Waals surface area contributed by atoms with Gasteiger partial charge < -0.3 is 20.1 Å². The van der Waals surface area contributed by atoms with Gasteiger partial charge in [0.1, 0.15) is 11.4 Å².